The van der Waals surface area contributed by atoms with Gasteiger partial charge in [-0.3, -0.25) is 0 Å². The van der Waals surface area contributed by atoms with Gasteiger partial charge in [0.15, 0.2) is 28.9 Å². The molecular formula is C59H86O10. The highest BCUT2D eigenvalue weighted by Gasteiger charge is 2.79. The zero-order valence-electron chi connectivity index (χ0n) is 43.5. The Kier molecular flexibility index (Phi) is 10.4. The third kappa shape index (κ3) is 5.86. The van der Waals surface area contributed by atoms with E-state index in [1.807, 2.05) is 0 Å². The molecule has 7 aliphatic heterocycles. The molecule has 69 heavy (non-hydrogen) atoms. The lowest BCUT2D eigenvalue weighted by Crippen LogP contribution is -2.68. The maximum atomic E-state index is 7.23. The highest BCUT2D eigenvalue weighted by atomic mass is 16.8. The second kappa shape index (κ2) is 15.5. The summed E-state index contributed by atoms with van der Waals surface area (Å²) in [5.41, 5.74) is 2.61. The monoisotopic (exact) mass is 955 g/mol. The van der Waals surface area contributed by atoms with Crippen molar-refractivity contribution in [2.75, 3.05) is 52.9 Å². The molecule has 14 aliphatic rings. The first-order chi connectivity index (χ1) is 33.1. The largest absolute Gasteiger partial charge is 0.349 e. The van der Waals surface area contributed by atoms with Crippen molar-refractivity contribution in [2.24, 2.45) is 92.7 Å². The smallest absolute Gasteiger partial charge is 0.178 e. The molecule has 5 saturated carbocycles. The molecule has 20 atom stereocenters. The van der Waals surface area contributed by atoms with Crippen LogP contribution in [0, 0.1) is 92.7 Å². The van der Waals surface area contributed by atoms with Gasteiger partial charge in [0, 0.05) is 72.0 Å². The molecular weight excluding hydrogens is 869 g/mol. The van der Waals surface area contributed by atoms with E-state index < -0.39 is 28.9 Å². The van der Waals surface area contributed by atoms with Crippen LogP contribution >= 0.6 is 0 Å². The summed E-state index contributed by atoms with van der Waals surface area (Å²) in [5.74, 6) is 2.41. The number of ether oxygens (including phenoxy) is 10. The van der Waals surface area contributed by atoms with Crippen LogP contribution in [0.3, 0.4) is 0 Å². The third-order valence-electron chi connectivity index (χ3n) is 24.7. The topological polar surface area (TPSA) is 92.3 Å². The van der Waals surface area contributed by atoms with Gasteiger partial charge < -0.3 is 47.4 Å². The Balaban J connectivity index is 0.733. The van der Waals surface area contributed by atoms with E-state index in [2.05, 4.69) is 79.7 Å². The van der Waals surface area contributed by atoms with Crippen LogP contribution in [0.5, 0.6) is 0 Å². The van der Waals surface area contributed by atoms with E-state index in [4.69, 9.17) is 47.4 Å². The van der Waals surface area contributed by atoms with E-state index in [0.717, 1.165) is 90.3 Å². The highest BCUT2D eigenvalue weighted by Crippen LogP contribution is 2.77. The van der Waals surface area contributed by atoms with E-state index in [9.17, 15) is 0 Å². The quantitative estimate of drug-likeness (QED) is 0.255. The summed E-state index contributed by atoms with van der Waals surface area (Å²) < 4.78 is 69.8. The van der Waals surface area contributed by atoms with Crippen molar-refractivity contribution >= 4 is 0 Å². The van der Waals surface area contributed by atoms with Crippen LogP contribution in [0.15, 0.2) is 35.5 Å². The van der Waals surface area contributed by atoms with Gasteiger partial charge in [-0.25, -0.2) is 0 Å². The highest BCUT2D eigenvalue weighted by molar-refractivity contribution is 5.39. The average Bonchev–Trinajstić information content (AvgIpc) is 4.22. The summed E-state index contributed by atoms with van der Waals surface area (Å²) in [6.07, 6.45) is 25.3. The summed E-state index contributed by atoms with van der Waals surface area (Å²) >= 11 is 0. The predicted molar refractivity (Wildman–Crippen MR) is 258 cm³/mol. The van der Waals surface area contributed by atoms with Crippen LogP contribution in [0.4, 0.5) is 0 Å². The Hall–Kier alpha value is -1.18. The SMILES string of the molecule is C[C@H]1CC[C@@]2(OC1)O[C@@H]1C[C@@H]3[C@H]4CCC5(OCCO5)[C@@](C)(C/C=C/C5=CC[C@@]6(C)[C@@H](CC[C@H]7C8=C[C@@H]9O[C@]%10(CC[C@H](C)CO%10)[C@@H](C)[C@@H]9[C@@]8(C)C8(C[C@@H]76)OCCO8)C5)[C@@H]4CC4(OCCO4)[C@@]3(C)[C@@H]1[C@H]2C. The Morgan fingerprint density at radius 3 is 1.91 bits per heavy atom. The molecule has 0 aromatic rings. The molecule has 14 rings (SSSR count). The molecule has 7 heterocycles. The van der Waals surface area contributed by atoms with Crippen molar-refractivity contribution < 1.29 is 47.4 Å². The molecule has 0 radical (unpaired) electrons. The van der Waals surface area contributed by atoms with Crippen molar-refractivity contribution in [3.05, 3.63) is 35.5 Å². The second-order valence-corrected chi connectivity index (χ2v) is 27.1. The van der Waals surface area contributed by atoms with Crippen LogP contribution in [-0.4, -0.2) is 94.0 Å². The van der Waals surface area contributed by atoms with Crippen LogP contribution in [-0.2, 0) is 47.4 Å². The number of hydrogen-bond acceptors (Lipinski definition) is 10. The van der Waals surface area contributed by atoms with Gasteiger partial charge in [-0.2, -0.15) is 0 Å². The average molecular weight is 955 g/mol. The van der Waals surface area contributed by atoms with Gasteiger partial charge in [-0.05, 0) is 111 Å². The van der Waals surface area contributed by atoms with Crippen molar-refractivity contribution in [2.45, 2.75) is 186 Å². The Bertz CT molecular complexity index is 2130. The number of allylic oxidation sites excluding steroid dienone is 4. The standard InChI is InChI=1S/C59H86O10/c1-35-13-19-55(66-33-35)37(3)49-47(68-55)29-43-41-12-11-40-28-39(15-18-51(40,5)45(41)31-58(53(43,49)7)62-24-25-63-58)10-9-17-52(6)46-32-59(64-26-27-65-59)54(8)44(42(46)16-21-57(52)60-22-23-61-57)30-48-50(54)38(4)56(69-48)20-14-36(2)34-67-56/h9-10,15,29,35-38,40-42,44-50H,11-14,16-28,30-34H2,1-8H3/b10-9+/t35-,36-,37-,38+,40-,41-,42+,44+,45-,46+,47-,48+,49-,50+,51-,52-,53-,54+,55+,56+/m0/s1. The first-order valence-electron chi connectivity index (χ1n) is 28.6. The molecule has 12 fully saturated rings. The van der Waals surface area contributed by atoms with Gasteiger partial charge in [-0.1, -0.05) is 90.8 Å². The summed E-state index contributed by atoms with van der Waals surface area (Å²) in [7, 11) is 0. The van der Waals surface area contributed by atoms with Gasteiger partial charge in [-0.15, -0.1) is 0 Å². The Morgan fingerprint density at radius 2 is 1.25 bits per heavy atom. The normalized spacial score (nSPS) is 56.1. The fourth-order valence-corrected chi connectivity index (χ4v) is 21.0. The predicted octanol–water partition coefficient (Wildman–Crippen LogP) is 10.9. The van der Waals surface area contributed by atoms with Crippen LogP contribution in [0.25, 0.3) is 0 Å². The van der Waals surface area contributed by atoms with Crippen LogP contribution < -0.4 is 0 Å². The first-order valence-corrected chi connectivity index (χ1v) is 28.6. The fourth-order valence-electron chi connectivity index (χ4n) is 21.0. The lowest BCUT2D eigenvalue weighted by molar-refractivity contribution is -0.346. The molecule has 0 bridgehead atoms. The first kappa shape index (κ1) is 46.4. The van der Waals surface area contributed by atoms with Crippen molar-refractivity contribution in [1.29, 1.82) is 0 Å². The molecule has 10 heteroatoms. The fraction of sp³-hybridized carbons (Fsp3) is 0.898. The van der Waals surface area contributed by atoms with Gasteiger partial charge in [0.1, 0.15) is 0 Å². The van der Waals surface area contributed by atoms with Crippen LogP contribution in [0.2, 0.25) is 0 Å². The third-order valence-corrected chi connectivity index (χ3v) is 24.7. The maximum absolute atomic E-state index is 7.23. The van der Waals surface area contributed by atoms with Crippen molar-refractivity contribution in [1.82, 2.24) is 0 Å². The van der Waals surface area contributed by atoms with E-state index >= 15 is 0 Å². The minimum atomic E-state index is -0.659. The van der Waals surface area contributed by atoms with Gasteiger partial charge in [0.2, 0.25) is 0 Å². The number of fused-ring (bicyclic) bond motifs is 14. The minimum absolute atomic E-state index is 0.0520. The van der Waals surface area contributed by atoms with E-state index in [1.54, 1.807) is 5.57 Å². The molecule has 0 aromatic heterocycles. The summed E-state index contributed by atoms with van der Waals surface area (Å²) in [6, 6.07) is 0. The van der Waals surface area contributed by atoms with E-state index in [0.29, 0.717) is 98.8 Å². The Labute approximate surface area is 413 Å². The van der Waals surface area contributed by atoms with Crippen LogP contribution in [0.1, 0.15) is 145 Å². The molecule has 382 valence electrons. The molecule has 5 spiro atoms. The molecule has 0 unspecified atom stereocenters. The number of rotatable bonds is 3. The van der Waals surface area contributed by atoms with Crippen molar-refractivity contribution in [3.8, 4) is 0 Å². The number of hydrogen-bond donors (Lipinski definition) is 0. The molecule has 0 amide bonds. The van der Waals surface area contributed by atoms with Gasteiger partial charge >= 0.3 is 0 Å². The summed E-state index contributed by atoms with van der Waals surface area (Å²) in [4.78, 5) is 0. The maximum Gasteiger partial charge on any atom is 0.178 e. The molecule has 0 N–H and O–H groups in total. The summed E-state index contributed by atoms with van der Waals surface area (Å²) in [5, 5.41) is 0. The lowest BCUT2D eigenvalue weighted by Gasteiger charge is -2.65. The molecule has 0 aromatic carbocycles. The molecule has 10 nitrogen and oxygen atoms in total. The summed E-state index contributed by atoms with van der Waals surface area (Å²) in [6.45, 7) is 25.2. The van der Waals surface area contributed by atoms with Gasteiger partial charge in [0.25, 0.3) is 0 Å². The van der Waals surface area contributed by atoms with Gasteiger partial charge in [0.05, 0.1) is 65.1 Å². The molecule has 7 saturated heterocycles. The van der Waals surface area contributed by atoms with Crippen molar-refractivity contribution in [3.63, 3.8) is 0 Å². The molecule has 7 aliphatic carbocycles. The zero-order chi connectivity index (χ0) is 47.2. The zero-order valence-corrected chi connectivity index (χ0v) is 43.5. The Morgan fingerprint density at radius 1 is 0.623 bits per heavy atom. The minimum Gasteiger partial charge on any atom is -0.349 e. The second-order valence-electron chi connectivity index (χ2n) is 27.1. The van der Waals surface area contributed by atoms with E-state index in [1.165, 1.54) is 18.4 Å². The lowest BCUT2D eigenvalue weighted by atomic mass is 9.44. The van der Waals surface area contributed by atoms with E-state index in [-0.39, 0.29) is 45.7 Å².